The molecule has 0 aliphatic heterocycles. The number of aromatic nitrogens is 1. The molecule has 0 saturated carbocycles. The zero-order chi connectivity index (χ0) is 13.7. The van der Waals surface area contributed by atoms with Crippen LogP contribution in [-0.2, 0) is 0 Å². The lowest BCUT2D eigenvalue weighted by atomic mass is 10.3. The second-order valence-corrected chi connectivity index (χ2v) is 4.37. The van der Waals surface area contributed by atoms with Gasteiger partial charge in [0.1, 0.15) is 17.4 Å². The predicted octanol–water partition coefficient (Wildman–Crippen LogP) is 2.90. The summed E-state index contributed by atoms with van der Waals surface area (Å²) in [4.78, 5) is 4.28. The van der Waals surface area contributed by atoms with E-state index in [1.54, 1.807) is 6.07 Å². The molecule has 0 spiro atoms. The number of pyridine rings is 1. The van der Waals surface area contributed by atoms with Gasteiger partial charge >= 0.3 is 0 Å². The number of nitrogens with two attached hydrogens (primary N) is 1. The summed E-state index contributed by atoms with van der Waals surface area (Å²) < 4.78 is 5.59. The molecule has 0 unspecified atom stereocenters. The summed E-state index contributed by atoms with van der Waals surface area (Å²) in [6, 6.07) is 13.3. The molecule has 1 heterocycles. The zero-order valence-corrected chi connectivity index (χ0v) is 11.1. The summed E-state index contributed by atoms with van der Waals surface area (Å²) in [5.74, 6) is 7.52. The van der Waals surface area contributed by atoms with E-state index in [1.807, 2.05) is 50.2 Å². The van der Waals surface area contributed by atoms with Crippen LogP contribution in [0.2, 0.25) is 0 Å². The monoisotopic (exact) mass is 258 g/mol. The minimum atomic E-state index is 0.174. The molecular formula is C14H18N4O. The summed E-state index contributed by atoms with van der Waals surface area (Å²) in [7, 11) is 0. The Morgan fingerprint density at radius 3 is 2.37 bits per heavy atom. The van der Waals surface area contributed by atoms with Crippen molar-refractivity contribution in [2.75, 3.05) is 10.7 Å². The van der Waals surface area contributed by atoms with Crippen molar-refractivity contribution in [2.45, 2.75) is 20.0 Å². The van der Waals surface area contributed by atoms with E-state index in [-0.39, 0.29) is 6.10 Å². The van der Waals surface area contributed by atoms with Crippen LogP contribution in [0.25, 0.3) is 0 Å². The van der Waals surface area contributed by atoms with Crippen molar-refractivity contribution in [2.24, 2.45) is 5.84 Å². The second-order valence-electron chi connectivity index (χ2n) is 4.37. The standard InChI is InChI=1S/C14H18N4O/c1-10(2)19-12-8-6-11(7-9-12)16-13-4-3-5-14(17-13)18-15/h3-10H,15H2,1-2H3,(H2,16,17,18). The molecular weight excluding hydrogens is 240 g/mol. The highest BCUT2D eigenvalue weighted by atomic mass is 16.5. The van der Waals surface area contributed by atoms with Crippen molar-refractivity contribution in [3.8, 4) is 5.75 Å². The SMILES string of the molecule is CC(C)Oc1ccc(Nc2cccc(NN)n2)cc1. The minimum Gasteiger partial charge on any atom is -0.491 e. The van der Waals surface area contributed by atoms with Gasteiger partial charge in [-0.15, -0.1) is 0 Å². The van der Waals surface area contributed by atoms with Gasteiger partial charge in [-0.1, -0.05) is 6.07 Å². The quantitative estimate of drug-likeness (QED) is 0.568. The molecule has 0 amide bonds. The highest BCUT2D eigenvalue weighted by Crippen LogP contribution is 2.20. The predicted molar refractivity (Wildman–Crippen MR) is 77.5 cm³/mol. The highest BCUT2D eigenvalue weighted by Gasteiger charge is 2.00. The van der Waals surface area contributed by atoms with Crippen LogP contribution in [0.5, 0.6) is 5.75 Å². The van der Waals surface area contributed by atoms with Crippen molar-refractivity contribution in [3.63, 3.8) is 0 Å². The first kappa shape index (κ1) is 13.2. The summed E-state index contributed by atoms with van der Waals surface area (Å²) >= 11 is 0. The van der Waals surface area contributed by atoms with Crippen LogP contribution < -0.4 is 21.3 Å². The van der Waals surface area contributed by atoms with Gasteiger partial charge in [0.25, 0.3) is 0 Å². The van der Waals surface area contributed by atoms with Crippen LogP contribution in [0.15, 0.2) is 42.5 Å². The third kappa shape index (κ3) is 3.86. The van der Waals surface area contributed by atoms with Crippen LogP contribution in [0.3, 0.4) is 0 Å². The molecule has 0 atom stereocenters. The molecule has 0 bridgehead atoms. The van der Waals surface area contributed by atoms with Gasteiger partial charge in [0.2, 0.25) is 0 Å². The average Bonchev–Trinajstić information content (AvgIpc) is 2.41. The fourth-order valence-electron chi connectivity index (χ4n) is 1.62. The van der Waals surface area contributed by atoms with E-state index in [0.717, 1.165) is 17.3 Å². The van der Waals surface area contributed by atoms with E-state index in [1.165, 1.54) is 0 Å². The topological polar surface area (TPSA) is 72.2 Å². The number of hydrazine groups is 1. The number of anilines is 3. The molecule has 2 aromatic rings. The number of hydrogen-bond donors (Lipinski definition) is 3. The van der Waals surface area contributed by atoms with Crippen LogP contribution in [0, 0.1) is 0 Å². The molecule has 4 N–H and O–H groups in total. The summed E-state index contributed by atoms with van der Waals surface area (Å²) in [6.07, 6.45) is 0.174. The van der Waals surface area contributed by atoms with E-state index in [4.69, 9.17) is 10.6 Å². The highest BCUT2D eigenvalue weighted by molar-refractivity contribution is 5.58. The van der Waals surface area contributed by atoms with E-state index < -0.39 is 0 Å². The fraction of sp³-hybridized carbons (Fsp3) is 0.214. The van der Waals surface area contributed by atoms with Gasteiger partial charge in [0.15, 0.2) is 0 Å². The van der Waals surface area contributed by atoms with Crippen molar-refractivity contribution >= 4 is 17.3 Å². The van der Waals surface area contributed by atoms with Crippen LogP contribution in [0.4, 0.5) is 17.3 Å². The lowest BCUT2D eigenvalue weighted by molar-refractivity contribution is 0.242. The Morgan fingerprint density at radius 2 is 1.74 bits per heavy atom. The first-order valence-electron chi connectivity index (χ1n) is 6.15. The van der Waals surface area contributed by atoms with Crippen LogP contribution in [-0.4, -0.2) is 11.1 Å². The minimum absolute atomic E-state index is 0.174. The van der Waals surface area contributed by atoms with Gasteiger partial charge in [-0.25, -0.2) is 10.8 Å². The van der Waals surface area contributed by atoms with E-state index in [0.29, 0.717) is 5.82 Å². The number of nitrogens with one attached hydrogen (secondary N) is 2. The molecule has 0 aliphatic rings. The molecule has 100 valence electrons. The molecule has 0 fully saturated rings. The average molecular weight is 258 g/mol. The Hall–Kier alpha value is -2.27. The number of hydrogen-bond acceptors (Lipinski definition) is 5. The van der Waals surface area contributed by atoms with Gasteiger partial charge in [0, 0.05) is 5.69 Å². The number of benzene rings is 1. The smallest absolute Gasteiger partial charge is 0.142 e. The van der Waals surface area contributed by atoms with E-state index >= 15 is 0 Å². The fourth-order valence-corrected chi connectivity index (χ4v) is 1.62. The van der Waals surface area contributed by atoms with Crippen molar-refractivity contribution in [3.05, 3.63) is 42.5 Å². The lowest BCUT2D eigenvalue weighted by Crippen LogP contribution is -2.09. The molecule has 1 aromatic heterocycles. The molecule has 19 heavy (non-hydrogen) atoms. The zero-order valence-electron chi connectivity index (χ0n) is 11.1. The third-order valence-electron chi connectivity index (χ3n) is 2.40. The molecule has 5 heteroatoms. The third-order valence-corrected chi connectivity index (χ3v) is 2.40. The first-order valence-corrected chi connectivity index (χ1v) is 6.15. The molecule has 0 aliphatic carbocycles. The maximum Gasteiger partial charge on any atom is 0.142 e. The van der Waals surface area contributed by atoms with Gasteiger partial charge < -0.3 is 15.5 Å². The lowest BCUT2D eigenvalue weighted by Gasteiger charge is -2.11. The maximum atomic E-state index is 5.59. The van der Waals surface area contributed by atoms with Crippen molar-refractivity contribution in [1.29, 1.82) is 0 Å². The van der Waals surface area contributed by atoms with Crippen molar-refractivity contribution < 1.29 is 4.74 Å². The first-order chi connectivity index (χ1) is 9.17. The summed E-state index contributed by atoms with van der Waals surface area (Å²) in [5.41, 5.74) is 3.46. The van der Waals surface area contributed by atoms with E-state index in [2.05, 4.69) is 15.7 Å². The Bertz CT molecular complexity index is 525. The molecule has 5 nitrogen and oxygen atoms in total. The molecule has 1 aromatic carbocycles. The Morgan fingerprint density at radius 1 is 1.05 bits per heavy atom. The summed E-state index contributed by atoms with van der Waals surface area (Å²) in [6.45, 7) is 4.00. The Labute approximate surface area is 112 Å². The Kier molecular flexibility index (Phi) is 4.20. The van der Waals surface area contributed by atoms with Gasteiger partial charge in [0.05, 0.1) is 6.10 Å². The largest absolute Gasteiger partial charge is 0.491 e. The maximum absolute atomic E-state index is 5.59. The number of ether oxygens (including phenoxy) is 1. The normalized spacial score (nSPS) is 10.3. The molecule has 0 radical (unpaired) electrons. The van der Waals surface area contributed by atoms with E-state index in [9.17, 15) is 0 Å². The summed E-state index contributed by atoms with van der Waals surface area (Å²) in [5, 5.41) is 3.20. The van der Waals surface area contributed by atoms with Gasteiger partial charge in [-0.2, -0.15) is 0 Å². The van der Waals surface area contributed by atoms with Crippen LogP contribution >= 0.6 is 0 Å². The molecule has 2 rings (SSSR count). The van der Waals surface area contributed by atoms with Crippen LogP contribution in [0.1, 0.15) is 13.8 Å². The number of rotatable bonds is 5. The number of nitrogen functional groups attached to an aromatic ring is 1. The number of nitrogens with zero attached hydrogens (tertiary/aromatic N) is 1. The van der Waals surface area contributed by atoms with Gasteiger partial charge in [-0.05, 0) is 50.2 Å². The van der Waals surface area contributed by atoms with Crippen molar-refractivity contribution in [1.82, 2.24) is 4.98 Å². The Balaban J connectivity index is 2.06. The second kappa shape index (κ2) is 6.06. The molecule has 0 saturated heterocycles. The van der Waals surface area contributed by atoms with Gasteiger partial charge in [-0.3, -0.25) is 0 Å².